The van der Waals surface area contributed by atoms with Gasteiger partial charge in [0, 0.05) is 5.56 Å². The first-order chi connectivity index (χ1) is 17.4. The van der Waals surface area contributed by atoms with Crippen molar-refractivity contribution >= 4 is 46.4 Å². The number of fused-ring (bicyclic) bond motifs is 1. The minimum absolute atomic E-state index is 0.283. The second kappa shape index (κ2) is 8.78. The number of nitrogens with zero attached hydrogens (tertiary/aromatic N) is 2. The number of halogens is 3. The van der Waals surface area contributed by atoms with Crippen LogP contribution in [0, 0.1) is 11.7 Å². The van der Waals surface area contributed by atoms with Crippen molar-refractivity contribution in [3.63, 3.8) is 0 Å². The van der Waals surface area contributed by atoms with Gasteiger partial charge in [-0.1, -0.05) is 41.4 Å². The van der Waals surface area contributed by atoms with Crippen LogP contribution in [0.3, 0.4) is 0 Å². The normalized spacial score (nSPS) is 21.4. The first-order valence-electron chi connectivity index (χ1n) is 11.1. The highest BCUT2D eigenvalue weighted by atomic mass is 35.5. The number of hydrogen-bond acceptors (Lipinski definition) is 5. The van der Waals surface area contributed by atoms with Crippen LogP contribution in [-0.2, 0) is 14.4 Å². The highest BCUT2D eigenvalue weighted by Crippen LogP contribution is 2.48. The van der Waals surface area contributed by atoms with Gasteiger partial charge in [0.15, 0.2) is 6.10 Å². The number of amides is 2. The molecule has 4 aromatic rings. The summed E-state index contributed by atoms with van der Waals surface area (Å²) in [6, 6.07) is 22.3. The number of benzene rings is 3. The highest BCUT2D eigenvalue weighted by Gasteiger charge is 2.61. The van der Waals surface area contributed by atoms with Crippen molar-refractivity contribution in [2.24, 2.45) is 5.92 Å². The number of furan rings is 1. The molecule has 3 heterocycles. The molecule has 0 saturated carbocycles. The number of carbonyl (C=O) groups excluding carboxylic acids is 2. The summed E-state index contributed by atoms with van der Waals surface area (Å²) in [5, 5.41) is 2.35. The van der Waals surface area contributed by atoms with Gasteiger partial charge in [-0.3, -0.25) is 14.4 Å². The van der Waals surface area contributed by atoms with E-state index in [2.05, 4.69) is 0 Å². The maximum absolute atomic E-state index is 13.6. The summed E-state index contributed by atoms with van der Waals surface area (Å²) < 4.78 is 19.7. The third-order valence-electron chi connectivity index (χ3n) is 6.33. The standard InChI is InChI=1S/C27H17Cl2FN2O4/c28-19-11-6-15(14-20(19)29)21-12-13-22(35-21)24-23-25(36-32(24)18-4-2-1-3-5-18)27(34)31(26(23)33)17-9-7-16(30)8-10-17/h1-14,23-25H/t23-,24+,25-/m1/s1. The van der Waals surface area contributed by atoms with E-state index in [1.54, 1.807) is 35.4 Å². The number of hydroxylamine groups is 1. The van der Waals surface area contributed by atoms with E-state index >= 15 is 0 Å². The molecule has 0 bridgehead atoms. The van der Waals surface area contributed by atoms with E-state index in [9.17, 15) is 14.0 Å². The van der Waals surface area contributed by atoms with E-state index in [0.29, 0.717) is 32.8 Å². The summed E-state index contributed by atoms with van der Waals surface area (Å²) in [5.74, 6) is -1.35. The lowest BCUT2D eigenvalue weighted by Crippen LogP contribution is -2.37. The quantitative estimate of drug-likeness (QED) is 0.288. The van der Waals surface area contributed by atoms with Gasteiger partial charge in [0.1, 0.15) is 29.3 Å². The second-order valence-corrected chi connectivity index (χ2v) is 9.29. The molecule has 6 nitrogen and oxygen atoms in total. The van der Waals surface area contributed by atoms with Gasteiger partial charge >= 0.3 is 0 Å². The Morgan fingerprint density at radius 3 is 2.25 bits per heavy atom. The van der Waals surface area contributed by atoms with Crippen LogP contribution in [-0.4, -0.2) is 17.9 Å². The molecular weight excluding hydrogens is 506 g/mol. The fourth-order valence-electron chi connectivity index (χ4n) is 4.66. The van der Waals surface area contributed by atoms with Gasteiger partial charge in [-0.05, 0) is 66.7 Å². The van der Waals surface area contributed by atoms with E-state index in [-0.39, 0.29) is 5.69 Å². The van der Waals surface area contributed by atoms with Crippen molar-refractivity contribution in [3.8, 4) is 11.3 Å². The molecule has 2 saturated heterocycles. The molecule has 0 N–H and O–H groups in total. The van der Waals surface area contributed by atoms with Crippen LogP contribution in [0.25, 0.3) is 11.3 Å². The Labute approximate surface area is 215 Å². The van der Waals surface area contributed by atoms with Gasteiger partial charge in [-0.15, -0.1) is 0 Å². The summed E-state index contributed by atoms with van der Waals surface area (Å²) >= 11 is 12.2. The summed E-state index contributed by atoms with van der Waals surface area (Å²) in [6.07, 6.45) is -1.06. The Hall–Kier alpha value is -3.65. The number of imide groups is 1. The predicted octanol–water partition coefficient (Wildman–Crippen LogP) is 6.44. The van der Waals surface area contributed by atoms with E-state index in [4.69, 9.17) is 32.5 Å². The van der Waals surface area contributed by atoms with Gasteiger partial charge in [0.05, 0.1) is 21.4 Å². The Morgan fingerprint density at radius 1 is 0.778 bits per heavy atom. The van der Waals surface area contributed by atoms with Crippen molar-refractivity contribution < 1.29 is 23.2 Å². The minimum Gasteiger partial charge on any atom is -0.459 e. The molecule has 2 amide bonds. The average Bonchev–Trinajstić information content (AvgIpc) is 3.58. The summed E-state index contributed by atoms with van der Waals surface area (Å²) in [7, 11) is 0. The first kappa shape index (κ1) is 22.8. The van der Waals surface area contributed by atoms with E-state index in [1.165, 1.54) is 24.3 Å². The zero-order chi connectivity index (χ0) is 25.0. The molecule has 6 rings (SSSR count). The number of rotatable bonds is 4. The van der Waals surface area contributed by atoms with Crippen LogP contribution < -0.4 is 9.96 Å². The SMILES string of the molecule is O=C1[C@H]2[C@@H](ON(c3ccccc3)[C@H]2c2ccc(-c3ccc(Cl)c(Cl)c3)o2)C(=O)N1c1ccc(F)cc1. The fraction of sp³-hybridized carbons (Fsp3) is 0.111. The van der Waals surface area contributed by atoms with Crippen molar-refractivity contribution in [2.75, 3.05) is 9.96 Å². The molecule has 36 heavy (non-hydrogen) atoms. The van der Waals surface area contributed by atoms with Crippen molar-refractivity contribution in [1.29, 1.82) is 0 Å². The van der Waals surface area contributed by atoms with Crippen LogP contribution in [0.1, 0.15) is 11.8 Å². The lowest BCUT2D eigenvalue weighted by atomic mass is 9.94. The van der Waals surface area contributed by atoms with E-state index in [0.717, 1.165) is 4.90 Å². The molecule has 3 aromatic carbocycles. The number of carbonyl (C=O) groups is 2. The molecule has 9 heteroatoms. The van der Waals surface area contributed by atoms with Crippen molar-refractivity contribution in [3.05, 3.63) is 107 Å². The number of hydrogen-bond donors (Lipinski definition) is 0. The first-order valence-corrected chi connectivity index (χ1v) is 11.9. The lowest BCUT2D eigenvalue weighted by Gasteiger charge is -2.27. The molecule has 2 aliphatic rings. The third-order valence-corrected chi connectivity index (χ3v) is 7.07. The van der Waals surface area contributed by atoms with Crippen LogP contribution in [0.5, 0.6) is 0 Å². The van der Waals surface area contributed by atoms with E-state index in [1.807, 2.05) is 30.3 Å². The largest absolute Gasteiger partial charge is 0.459 e. The topological polar surface area (TPSA) is 63.0 Å². The highest BCUT2D eigenvalue weighted by molar-refractivity contribution is 6.42. The van der Waals surface area contributed by atoms with Crippen molar-refractivity contribution in [1.82, 2.24) is 0 Å². The maximum atomic E-state index is 13.6. The number of para-hydroxylation sites is 1. The Kier molecular flexibility index (Phi) is 5.56. The Morgan fingerprint density at radius 2 is 1.53 bits per heavy atom. The average molecular weight is 523 g/mol. The Bertz CT molecular complexity index is 1470. The maximum Gasteiger partial charge on any atom is 0.266 e. The van der Waals surface area contributed by atoms with Crippen LogP contribution >= 0.6 is 23.2 Å². The summed E-state index contributed by atoms with van der Waals surface area (Å²) in [6.45, 7) is 0. The third kappa shape index (κ3) is 3.67. The molecule has 0 spiro atoms. The predicted molar refractivity (Wildman–Crippen MR) is 133 cm³/mol. The zero-order valence-corrected chi connectivity index (χ0v) is 20.0. The van der Waals surface area contributed by atoms with Gasteiger partial charge < -0.3 is 4.42 Å². The molecular formula is C27H17Cl2FN2O4. The fourth-order valence-corrected chi connectivity index (χ4v) is 4.96. The molecule has 180 valence electrons. The minimum atomic E-state index is -1.06. The van der Waals surface area contributed by atoms with Crippen LogP contribution in [0.4, 0.5) is 15.8 Å². The lowest BCUT2D eigenvalue weighted by molar-refractivity contribution is -0.126. The van der Waals surface area contributed by atoms with Gasteiger partial charge in [0.25, 0.3) is 5.91 Å². The molecule has 0 aliphatic carbocycles. The van der Waals surface area contributed by atoms with Gasteiger partial charge in [-0.25, -0.2) is 14.4 Å². The van der Waals surface area contributed by atoms with E-state index < -0.39 is 35.7 Å². The van der Waals surface area contributed by atoms with Gasteiger partial charge in [-0.2, -0.15) is 0 Å². The molecule has 1 aromatic heterocycles. The summed E-state index contributed by atoms with van der Waals surface area (Å²) in [4.78, 5) is 34.1. The zero-order valence-electron chi connectivity index (χ0n) is 18.5. The Balaban J connectivity index is 1.41. The monoisotopic (exact) mass is 522 g/mol. The molecule has 2 aliphatic heterocycles. The van der Waals surface area contributed by atoms with Crippen LogP contribution in [0.15, 0.2) is 89.3 Å². The molecule has 2 fully saturated rings. The van der Waals surface area contributed by atoms with Crippen LogP contribution in [0.2, 0.25) is 10.0 Å². The summed E-state index contributed by atoms with van der Waals surface area (Å²) in [5.41, 5.74) is 1.66. The second-order valence-electron chi connectivity index (χ2n) is 8.48. The molecule has 3 atom stereocenters. The van der Waals surface area contributed by atoms with Gasteiger partial charge in [0.2, 0.25) is 5.91 Å². The molecule has 0 radical (unpaired) electrons. The molecule has 0 unspecified atom stereocenters. The smallest absolute Gasteiger partial charge is 0.266 e. The number of anilines is 2. The van der Waals surface area contributed by atoms with Crippen molar-refractivity contribution in [2.45, 2.75) is 12.1 Å².